The summed E-state index contributed by atoms with van der Waals surface area (Å²) in [6, 6.07) is 21.1. The number of ketones is 1. The predicted octanol–water partition coefficient (Wildman–Crippen LogP) is 7.21. The Kier molecular flexibility index (Phi) is 6.86. The second kappa shape index (κ2) is 10.5. The highest BCUT2D eigenvalue weighted by atomic mass is 19.3. The molecule has 4 aromatic rings. The van der Waals surface area contributed by atoms with Crippen LogP contribution in [0.3, 0.4) is 0 Å². The summed E-state index contributed by atoms with van der Waals surface area (Å²) in [4.78, 5) is 24.5. The van der Waals surface area contributed by atoms with E-state index in [1.165, 1.54) is 12.1 Å². The van der Waals surface area contributed by atoms with E-state index in [0.717, 1.165) is 42.4 Å². The lowest BCUT2D eigenvalue weighted by Gasteiger charge is -2.58. The first-order valence-electron chi connectivity index (χ1n) is 13.6. The highest BCUT2D eigenvalue weighted by Gasteiger charge is 2.53. The lowest BCUT2D eigenvalue weighted by atomic mass is 9.47. The van der Waals surface area contributed by atoms with Crippen molar-refractivity contribution >= 4 is 22.7 Å². The van der Waals surface area contributed by atoms with Crippen molar-refractivity contribution in [1.29, 1.82) is 0 Å². The van der Waals surface area contributed by atoms with Crippen LogP contribution >= 0.6 is 0 Å². The molecule has 0 saturated heterocycles. The van der Waals surface area contributed by atoms with Gasteiger partial charge in [-0.1, -0.05) is 54.6 Å². The standard InChI is InChI=1S/C32H30F2N2O4/c33-31(34)40-26-12-25-18-35-36(19-20-6-8-24(9-7-20)23-4-2-1-3-5-23)30(25)27(13-26)28(37)10-21-14-32(15-21)16-22(17-32)11-29(38)39/h1-9,12-13,18,21-22,31H,10-11,14-17,19H2,(H,38,39). The molecular weight excluding hydrogens is 514 g/mol. The number of rotatable bonds is 10. The largest absolute Gasteiger partial charge is 0.481 e. The number of carbonyl (C=O) groups excluding carboxylic acids is 1. The number of carboxylic acids is 1. The van der Waals surface area contributed by atoms with Gasteiger partial charge < -0.3 is 9.84 Å². The molecule has 1 aromatic heterocycles. The molecule has 0 aliphatic heterocycles. The number of alkyl halides is 2. The Hall–Kier alpha value is -4.07. The molecule has 206 valence electrons. The minimum atomic E-state index is -3.00. The number of aliphatic carboxylic acids is 1. The fourth-order valence-corrected chi connectivity index (χ4v) is 6.89. The molecule has 8 heteroatoms. The summed E-state index contributed by atoms with van der Waals surface area (Å²) in [7, 11) is 0. The van der Waals surface area contributed by atoms with Crippen molar-refractivity contribution in [3.63, 3.8) is 0 Å². The first-order chi connectivity index (χ1) is 19.3. The van der Waals surface area contributed by atoms with Gasteiger partial charge in [0, 0.05) is 23.8 Å². The maximum Gasteiger partial charge on any atom is 0.387 e. The Bertz CT molecular complexity index is 1530. The summed E-state index contributed by atoms with van der Waals surface area (Å²) < 4.78 is 32.5. The Morgan fingerprint density at radius 2 is 1.60 bits per heavy atom. The van der Waals surface area contributed by atoms with Crippen LogP contribution in [-0.4, -0.2) is 33.3 Å². The van der Waals surface area contributed by atoms with Gasteiger partial charge in [0.15, 0.2) is 5.78 Å². The predicted molar refractivity (Wildman–Crippen MR) is 146 cm³/mol. The summed E-state index contributed by atoms with van der Waals surface area (Å²) in [5.74, 6) is -0.502. The number of hydrogen-bond donors (Lipinski definition) is 1. The zero-order valence-corrected chi connectivity index (χ0v) is 21.9. The molecule has 1 spiro atoms. The lowest BCUT2D eigenvalue weighted by molar-refractivity contribution is -0.142. The van der Waals surface area contributed by atoms with Crippen LogP contribution in [0.1, 0.15) is 54.4 Å². The molecule has 2 fully saturated rings. The van der Waals surface area contributed by atoms with E-state index in [2.05, 4.69) is 22.0 Å². The van der Waals surface area contributed by atoms with Crippen LogP contribution in [-0.2, 0) is 11.3 Å². The average molecular weight is 545 g/mol. The summed E-state index contributed by atoms with van der Waals surface area (Å²) in [5, 5.41) is 14.1. The van der Waals surface area contributed by atoms with Crippen LogP contribution in [0.25, 0.3) is 22.0 Å². The Labute approximate surface area is 230 Å². The van der Waals surface area contributed by atoms with Crippen molar-refractivity contribution in [1.82, 2.24) is 9.78 Å². The minimum absolute atomic E-state index is 0.0572. The van der Waals surface area contributed by atoms with E-state index in [-0.39, 0.29) is 35.2 Å². The van der Waals surface area contributed by atoms with Gasteiger partial charge >= 0.3 is 12.6 Å². The number of fused-ring (bicyclic) bond motifs is 1. The number of nitrogens with zero attached hydrogens (tertiary/aromatic N) is 2. The van der Waals surface area contributed by atoms with Crippen LogP contribution in [0.5, 0.6) is 5.75 Å². The third kappa shape index (κ3) is 5.35. The molecule has 1 N–H and O–H groups in total. The second-order valence-electron chi connectivity index (χ2n) is 11.4. The SMILES string of the molecule is O=C(O)CC1CC2(C1)CC(CC(=O)c1cc(OC(F)F)cc3cnn(Cc4ccc(-c5ccccc5)cc4)c13)C2. The summed E-state index contributed by atoms with van der Waals surface area (Å²) in [6.07, 6.45) is 5.72. The van der Waals surface area contributed by atoms with E-state index in [4.69, 9.17) is 5.11 Å². The molecule has 6 rings (SSSR count). The Balaban J connectivity index is 1.21. The molecule has 1 heterocycles. The van der Waals surface area contributed by atoms with Crippen molar-refractivity contribution in [3.05, 3.63) is 84.1 Å². The topological polar surface area (TPSA) is 81.4 Å². The molecule has 40 heavy (non-hydrogen) atoms. The van der Waals surface area contributed by atoms with E-state index in [9.17, 15) is 18.4 Å². The van der Waals surface area contributed by atoms with Crippen molar-refractivity contribution in [2.24, 2.45) is 17.3 Å². The molecule has 0 radical (unpaired) electrons. The van der Waals surface area contributed by atoms with Gasteiger partial charge in [0.1, 0.15) is 5.75 Å². The number of carbonyl (C=O) groups is 2. The van der Waals surface area contributed by atoms with Gasteiger partial charge in [-0.05, 0) is 71.8 Å². The van der Waals surface area contributed by atoms with Gasteiger partial charge in [-0.3, -0.25) is 14.3 Å². The fraction of sp³-hybridized carbons (Fsp3) is 0.344. The number of Topliss-reactive ketones (excluding diaryl/α,β-unsaturated/α-hetero) is 1. The lowest BCUT2D eigenvalue weighted by Crippen LogP contribution is -2.48. The van der Waals surface area contributed by atoms with Gasteiger partial charge in [-0.2, -0.15) is 13.9 Å². The number of aromatic nitrogens is 2. The van der Waals surface area contributed by atoms with E-state index < -0.39 is 12.6 Å². The van der Waals surface area contributed by atoms with Crippen molar-refractivity contribution in [2.75, 3.05) is 0 Å². The van der Waals surface area contributed by atoms with Gasteiger partial charge in [-0.25, -0.2) is 0 Å². The number of hydrogen-bond acceptors (Lipinski definition) is 4. The maximum absolute atomic E-state index is 13.6. The van der Waals surface area contributed by atoms with E-state index in [1.54, 1.807) is 10.9 Å². The number of carboxylic acid groups (broad SMARTS) is 1. The molecule has 0 bridgehead atoms. The third-order valence-electron chi connectivity index (χ3n) is 8.45. The quantitative estimate of drug-likeness (QED) is 0.213. The van der Waals surface area contributed by atoms with Crippen molar-refractivity contribution in [3.8, 4) is 16.9 Å². The maximum atomic E-state index is 13.6. The first-order valence-corrected chi connectivity index (χ1v) is 13.6. The molecular formula is C32H30F2N2O4. The monoisotopic (exact) mass is 544 g/mol. The van der Waals surface area contributed by atoms with Crippen molar-refractivity contribution in [2.45, 2.75) is 51.7 Å². The molecule has 3 aromatic carbocycles. The Morgan fingerprint density at radius 3 is 2.25 bits per heavy atom. The van der Waals surface area contributed by atoms with Gasteiger partial charge in [-0.15, -0.1) is 0 Å². The molecule has 6 nitrogen and oxygen atoms in total. The minimum Gasteiger partial charge on any atom is -0.481 e. The average Bonchev–Trinajstić information content (AvgIpc) is 3.28. The molecule has 2 aliphatic carbocycles. The van der Waals surface area contributed by atoms with Crippen LogP contribution in [0.2, 0.25) is 0 Å². The first kappa shape index (κ1) is 26.2. The number of ether oxygens (including phenoxy) is 1. The van der Waals surface area contributed by atoms with E-state index in [0.29, 0.717) is 29.4 Å². The number of halogens is 2. The molecule has 0 atom stereocenters. The number of benzene rings is 3. The zero-order chi connectivity index (χ0) is 27.9. The summed E-state index contributed by atoms with van der Waals surface area (Å²) in [5.41, 5.74) is 4.34. The molecule has 2 aliphatic rings. The van der Waals surface area contributed by atoms with Gasteiger partial charge in [0.05, 0.1) is 18.3 Å². The second-order valence-corrected chi connectivity index (χ2v) is 11.4. The third-order valence-corrected chi connectivity index (χ3v) is 8.45. The highest BCUT2D eigenvalue weighted by Crippen LogP contribution is 2.62. The molecule has 2 saturated carbocycles. The van der Waals surface area contributed by atoms with Crippen LogP contribution in [0, 0.1) is 17.3 Å². The fourth-order valence-electron chi connectivity index (χ4n) is 6.89. The van der Waals surface area contributed by atoms with Gasteiger partial charge in [0.25, 0.3) is 0 Å². The highest BCUT2D eigenvalue weighted by molar-refractivity contribution is 6.07. The smallest absolute Gasteiger partial charge is 0.387 e. The van der Waals surface area contributed by atoms with Crippen molar-refractivity contribution < 1.29 is 28.2 Å². The van der Waals surface area contributed by atoms with Gasteiger partial charge in [0.2, 0.25) is 0 Å². The van der Waals surface area contributed by atoms with Crippen LogP contribution in [0.4, 0.5) is 8.78 Å². The molecule has 0 unspecified atom stereocenters. The normalized spacial score (nSPS) is 21.8. The van der Waals surface area contributed by atoms with Crippen LogP contribution < -0.4 is 4.74 Å². The van der Waals surface area contributed by atoms with E-state index in [1.807, 2.05) is 42.5 Å². The van der Waals surface area contributed by atoms with Crippen LogP contribution in [0.15, 0.2) is 72.9 Å². The molecule has 0 amide bonds. The summed E-state index contributed by atoms with van der Waals surface area (Å²) in [6.45, 7) is -2.58. The zero-order valence-electron chi connectivity index (χ0n) is 21.9. The summed E-state index contributed by atoms with van der Waals surface area (Å²) >= 11 is 0. The van der Waals surface area contributed by atoms with E-state index >= 15 is 0 Å². The Morgan fingerprint density at radius 1 is 0.950 bits per heavy atom.